The molecule has 1 amide bonds. The van der Waals surface area contributed by atoms with Crippen LogP contribution in [0.3, 0.4) is 0 Å². The quantitative estimate of drug-likeness (QED) is 0.669. The van der Waals surface area contributed by atoms with Gasteiger partial charge in [0.2, 0.25) is 15.9 Å². The zero-order valence-corrected chi connectivity index (χ0v) is 16.0. The fourth-order valence-electron chi connectivity index (χ4n) is 2.34. The van der Waals surface area contributed by atoms with Crippen molar-refractivity contribution < 1.29 is 13.2 Å². The summed E-state index contributed by atoms with van der Waals surface area (Å²) in [5, 5.41) is 6.70. The van der Waals surface area contributed by atoms with Crippen molar-refractivity contribution >= 4 is 39.7 Å². The number of nitrogen functional groups attached to an aromatic ring is 1. The molecule has 2 rings (SSSR count). The molecule has 0 bridgehead atoms. The number of aryl methyl sites for hydroxylation is 2. The van der Waals surface area contributed by atoms with Crippen molar-refractivity contribution in [3.8, 4) is 0 Å². The molecule has 4 N–H and O–H groups in total. The van der Waals surface area contributed by atoms with E-state index in [1.54, 1.807) is 45.2 Å². The lowest BCUT2D eigenvalue weighted by Gasteiger charge is -2.15. The second kappa shape index (κ2) is 7.85. The van der Waals surface area contributed by atoms with E-state index in [4.69, 9.17) is 5.73 Å². The van der Waals surface area contributed by atoms with Crippen molar-refractivity contribution in [3.63, 3.8) is 0 Å². The Morgan fingerprint density at radius 3 is 2.40 bits per heavy atom. The number of hydrogen-bond acceptors (Lipinski definition) is 5. The fourth-order valence-corrected chi connectivity index (χ4v) is 3.98. The maximum Gasteiger partial charge on any atom is 0.244 e. The molecule has 1 aromatic heterocycles. The molecule has 0 aliphatic carbocycles. The fraction of sp³-hybridized carbons (Fsp3) is 0.333. The SMILES string of the molecule is Cc1nn(C)c(C)c1S(=O)(=O)NC(C)C(=O)Nc1ccccc1N.Cl. The lowest BCUT2D eigenvalue weighted by Crippen LogP contribution is -2.41. The van der Waals surface area contributed by atoms with Gasteiger partial charge in [0.1, 0.15) is 4.90 Å². The van der Waals surface area contributed by atoms with E-state index in [2.05, 4.69) is 15.1 Å². The van der Waals surface area contributed by atoms with Gasteiger partial charge in [0.25, 0.3) is 0 Å². The van der Waals surface area contributed by atoms with E-state index in [-0.39, 0.29) is 17.3 Å². The van der Waals surface area contributed by atoms with Crippen molar-refractivity contribution in [3.05, 3.63) is 35.7 Å². The van der Waals surface area contributed by atoms with Crippen LogP contribution in [0.1, 0.15) is 18.3 Å². The Bertz CT molecular complexity index is 879. The molecule has 25 heavy (non-hydrogen) atoms. The molecule has 1 heterocycles. The molecule has 0 radical (unpaired) electrons. The average Bonchev–Trinajstić information content (AvgIpc) is 2.74. The largest absolute Gasteiger partial charge is 0.397 e. The predicted octanol–water partition coefficient (Wildman–Crippen LogP) is 1.35. The summed E-state index contributed by atoms with van der Waals surface area (Å²) in [4.78, 5) is 12.3. The van der Waals surface area contributed by atoms with Crippen LogP contribution in [0.4, 0.5) is 11.4 Å². The van der Waals surface area contributed by atoms with Gasteiger partial charge >= 0.3 is 0 Å². The minimum absolute atomic E-state index is 0. The normalized spacial score (nSPS) is 12.3. The summed E-state index contributed by atoms with van der Waals surface area (Å²) < 4.78 is 29.0. The molecule has 2 aromatic rings. The third-order valence-electron chi connectivity index (χ3n) is 3.66. The van der Waals surface area contributed by atoms with Gasteiger partial charge in [0, 0.05) is 7.05 Å². The number of aromatic nitrogens is 2. The summed E-state index contributed by atoms with van der Waals surface area (Å²) in [7, 11) is -2.21. The maximum atomic E-state index is 12.6. The minimum Gasteiger partial charge on any atom is -0.397 e. The highest BCUT2D eigenvalue weighted by molar-refractivity contribution is 7.89. The number of anilines is 2. The Labute approximate surface area is 153 Å². The first-order chi connectivity index (χ1) is 11.1. The van der Waals surface area contributed by atoms with E-state index in [9.17, 15) is 13.2 Å². The molecule has 8 nitrogen and oxygen atoms in total. The molecule has 138 valence electrons. The van der Waals surface area contributed by atoms with Gasteiger partial charge in [0.05, 0.1) is 28.8 Å². The number of carbonyl (C=O) groups is 1. The van der Waals surface area contributed by atoms with Crippen molar-refractivity contribution in [2.45, 2.75) is 31.7 Å². The Morgan fingerprint density at radius 1 is 1.28 bits per heavy atom. The molecule has 0 saturated carbocycles. The number of rotatable bonds is 5. The van der Waals surface area contributed by atoms with Crippen molar-refractivity contribution in [2.75, 3.05) is 11.1 Å². The van der Waals surface area contributed by atoms with Gasteiger partial charge in [-0.05, 0) is 32.9 Å². The van der Waals surface area contributed by atoms with Crippen LogP contribution in [-0.2, 0) is 21.9 Å². The van der Waals surface area contributed by atoms with E-state index in [0.717, 1.165) is 0 Å². The molecule has 0 aliphatic rings. The van der Waals surface area contributed by atoms with Crippen LogP contribution in [0.25, 0.3) is 0 Å². The maximum absolute atomic E-state index is 12.6. The van der Waals surface area contributed by atoms with Gasteiger partial charge in [-0.2, -0.15) is 9.82 Å². The zero-order valence-electron chi connectivity index (χ0n) is 14.4. The van der Waals surface area contributed by atoms with Crippen molar-refractivity contribution in [2.24, 2.45) is 7.05 Å². The zero-order chi connectivity index (χ0) is 18.1. The number of hydrogen-bond donors (Lipinski definition) is 3. The van der Waals surface area contributed by atoms with Crippen LogP contribution < -0.4 is 15.8 Å². The van der Waals surface area contributed by atoms with Crippen molar-refractivity contribution in [1.29, 1.82) is 0 Å². The highest BCUT2D eigenvalue weighted by atomic mass is 35.5. The smallest absolute Gasteiger partial charge is 0.244 e. The number of nitrogens with one attached hydrogen (secondary N) is 2. The predicted molar refractivity (Wildman–Crippen MR) is 99.2 cm³/mol. The number of nitrogens with zero attached hydrogens (tertiary/aromatic N) is 2. The summed E-state index contributed by atoms with van der Waals surface area (Å²) in [6.45, 7) is 4.73. The monoisotopic (exact) mass is 387 g/mol. The van der Waals surface area contributed by atoms with Crippen LogP contribution in [0, 0.1) is 13.8 Å². The molecule has 1 atom stereocenters. The van der Waals surface area contributed by atoms with Crippen LogP contribution >= 0.6 is 12.4 Å². The summed E-state index contributed by atoms with van der Waals surface area (Å²) in [5.41, 5.74) is 7.48. The Kier molecular flexibility index (Phi) is 6.58. The van der Waals surface area contributed by atoms with Crippen LogP contribution in [0.5, 0.6) is 0 Å². The number of para-hydroxylation sites is 2. The average molecular weight is 388 g/mol. The molecule has 1 unspecified atom stereocenters. The van der Waals surface area contributed by atoms with Crippen LogP contribution in [0.15, 0.2) is 29.2 Å². The molecule has 1 aromatic carbocycles. The second-order valence-electron chi connectivity index (χ2n) is 5.54. The molecule has 10 heteroatoms. The third kappa shape index (κ3) is 4.50. The number of carbonyl (C=O) groups excluding carboxylic acids is 1. The van der Waals surface area contributed by atoms with Gasteiger partial charge in [-0.15, -0.1) is 12.4 Å². The van der Waals surface area contributed by atoms with Gasteiger partial charge in [-0.3, -0.25) is 9.48 Å². The lowest BCUT2D eigenvalue weighted by atomic mass is 10.2. The number of halogens is 1. The number of sulfonamides is 1. The van der Waals surface area contributed by atoms with E-state index in [1.165, 1.54) is 11.6 Å². The molecular weight excluding hydrogens is 366 g/mol. The first-order valence-corrected chi connectivity index (χ1v) is 8.79. The van der Waals surface area contributed by atoms with E-state index >= 15 is 0 Å². The van der Waals surface area contributed by atoms with E-state index in [0.29, 0.717) is 22.8 Å². The highest BCUT2D eigenvalue weighted by Crippen LogP contribution is 2.20. The second-order valence-corrected chi connectivity index (χ2v) is 7.19. The lowest BCUT2D eigenvalue weighted by molar-refractivity contribution is -0.117. The van der Waals surface area contributed by atoms with Gasteiger partial charge in [0.15, 0.2) is 0 Å². The molecule has 0 spiro atoms. The van der Waals surface area contributed by atoms with Crippen molar-refractivity contribution in [1.82, 2.24) is 14.5 Å². The Morgan fingerprint density at radius 2 is 1.88 bits per heavy atom. The van der Waals surface area contributed by atoms with Gasteiger partial charge in [-0.25, -0.2) is 8.42 Å². The summed E-state index contributed by atoms with van der Waals surface area (Å²) in [6, 6.07) is 5.78. The topological polar surface area (TPSA) is 119 Å². The van der Waals surface area contributed by atoms with Crippen LogP contribution in [0.2, 0.25) is 0 Å². The summed E-state index contributed by atoms with van der Waals surface area (Å²) in [6.07, 6.45) is 0. The number of benzene rings is 1. The molecule has 0 aliphatic heterocycles. The molecule has 0 fully saturated rings. The molecule has 0 saturated heterocycles. The Balaban J connectivity index is 0.00000312. The van der Waals surface area contributed by atoms with Gasteiger partial charge < -0.3 is 11.1 Å². The standard InChI is InChI=1S/C15H21N5O3S.ClH/c1-9-14(11(3)20(4)18-9)24(22,23)19-10(2)15(21)17-13-8-6-5-7-12(13)16;/h5-8,10,19H,16H2,1-4H3,(H,17,21);1H. The van der Waals surface area contributed by atoms with Crippen LogP contribution in [-0.4, -0.2) is 30.1 Å². The van der Waals surface area contributed by atoms with E-state index < -0.39 is 22.0 Å². The first kappa shape index (κ1) is 20.9. The molecular formula is C15H22ClN5O3S. The number of nitrogens with two attached hydrogens (primary N) is 1. The van der Waals surface area contributed by atoms with Gasteiger partial charge in [-0.1, -0.05) is 12.1 Å². The van der Waals surface area contributed by atoms with E-state index in [1.807, 2.05) is 0 Å². The minimum atomic E-state index is -3.87. The summed E-state index contributed by atoms with van der Waals surface area (Å²) >= 11 is 0. The summed E-state index contributed by atoms with van der Waals surface area (Å²) in [5.74, 6) is -0.504. The third-order valence-corrected chi connectivity index (χ3v) is 5.45. The first-order valence-electron chi connectivity index (χ1n) is 7.31. The Hall–Kier alpha value is -2.10. The highest BCUT2D eigenvalue weighted by Gasteiger charge is 2.27. The number of amides is 1.